The molecule has 84 valence electrons. The van der Waals surface area contributed by atoms with E-state index in [1.54, 1.807) is 11.1 Å². The molecule has 0 nitrogen and oxygen atoms in total. The van der Waals surface area contributed by atoms with Gasteiger partial charge in [0.1, 0.15) is 0 Å². The Labute approximate surface area is 94.8 Å². The smallest absolute Gasteiger partial charge is 0.0279 e. The molecule has 0 aromatic heterocycles. The van der Waals surface area contributed by atoms with Gasteiger partial charge in [-0.25, -0.2) is 0 Å². The van der Waals surface area contributed by atoms with E-state index in [0.29, 0.717) is 0 Å². The van der Waals surface area contributed by atoms with E-state index < -0.39 is 0 Å². The average Bonchev–Trinajstić information content (AvgIpc) is 2.27. The highest BCUT2D eigenvalue weighted by molar-refractivity contribution is 5.37. The zero-order chi connectivity index (χ0) is 11.3. The molecule has 1 aliphatic carbocycles. The van der Waals surface area contributed by atoms with E-state index in [2.05, 4.69) is 33.4 Å². The lowest BCUT2D eigenvalue weighted by atomic mass is 9.89. The fourth-order valence-corrected chi connectivity index (χ4v) is 2.17. The van der Waals surface area contributed by atoms with Crippen molar-refractivity contribution in [1.82, 2.24) is 0 Å². The van der Waals surface area contributed by atoms with E-state index in [0.717, 1.165) is 12.8 Å². The van der Waals surface area contributed by atoms with Crippen molar-refractivity contribution in [3.8, 4) is 0 Å². The van der Waals surface area contributed by atoms with Gasteiger partial charge in [-0.1, -0.05) is 37.6 Å². The van der Waals surface area contributed by atoms with Crippen molar-refractivity contribution < 1.29 is 0 Å². The van der Waals surface area contributed by atoms with Crippen LogP contribution in [0.2, 0.25) is 0 Å². The lowest BCUT2D eigenvalue weighted by molar-refractivity contribution is 0.682. The molecule has 0 heteroatoms. The topological polar surface area (TPSA) is 0 Å². The normalized spacial score (nSPS) is 18.2. The van der Waals surface area contributed by atoms with Gasteiger partial charge in [0.05, 0.1) is 0 Å². The second-order valence-corrected chi connectivity index (χ2v) is 4.49. The van der Waals surface area contributed by atoms with Crippen LogP contribution in [0.15, 0.2) is 34.9 Å². The van der Waals surface area contributed by atoms with Crippen LogP contribution in [0, 0.1) is 0 Å². The highest BCUT2D eigenvalue weighted by Crippen LogP contribution is 2.28. The first-order chi connectivity index (χ1) is 7.19. The molecule has 0 heterocycles. The molecule has 0 amide bonds. The van der Waals surface area contributed by atoms with Crippen molar-refractivity contribution in [2.45, 2.75) is 59.3 Å². The van der Waals surface area contributed by atoms with Crippen molar-refractivity contribution in [2.24, 2.45) is 0 Å². The molecule has 0 aliphatic heterocycles. The van der Waals surface area contributed by atoms with Gasteiger partial charge in [-0.2, -0.15) is 0 Å². The Bertz CT molecular complexity index is 289. The SMILES string of the molecule is C=C(CC)/C(=C\C1=C(C)CCCC1)CC. The van der Waals surface area contributed by atoms with Crippen molar-refractivity contribution in [3.05, 3.63) is 34.9 Å². The summed E-state index contributed by atoms with van der Waals surface area (Å²) in [5.41, 5.74) is 5.93. The van der Waals surface area contributed by atoms with E-state index in [4.69, 9.17) is 0 Å². The zero-order valence-electron chi connectivity index (χ0n) is 10.5. The van der Waals surface area contributed by atoms with E-state index in [-0.39, 0.29) is 0 Å². The van der Waals surface area contributed by atoms with Crippen LogP contribution in [0.1, 0.15) is 59.3 Å². The van der Waals surface area contributed by atoms with Gasteiger partial charge in [0.2, 0.25) is 0 Å². The summed E-state index contributed by atoms with van der Waals surface area (Å²) in [6.45, 7) is 10.8. The molecule has 0 fully saturated rings. The summed E-state index contributed by atoms with van der Waals surface area (Å²) >= 11 is 0. The molecule has 0 unspecified atom stereocenters. The Morgan fingerprint density at radius 1 is 1.20 bits per heavy atom. The third-order valence-corrected chi connectivity index (χ3v) is 3.41. The first-order valence-corrected chi connectivity index (χ1v) is 6.26. The van der Waals surface area contributed by atoms with Crippen LogP contribution in [0.3, 0.4) is 0 Å². The third kappa shape index (κ3) is 3.37. The Kier molecular flexibility index (Phi) is 4.87. The molecule has 0 spiro atoms. The van der Waals surface area contributed by atoms with Crippen molar-refractivity contribution in [3.63, 3.8) is 0 Å². The van der Waals surface area contributed by atoms with Gasteiger partial charge < -0.3 is 0 Å². The Morgan fingerprint density at radius 3 is 2.40 bits per heavy atom. The van der Waals surface area contributed by atoms with Crippen LogP contribution in [0.5, 0.6) is 0 Å². The second-order valence-electron chi connectivity index (χ2n) is 4.49. The summed E-state index contributed by atoms with van der Waals surface area (Å²) in [7, 11) is 0. The van der Waals surface area contributed by atoms with Gasteiger partial charge >= 0.3 is 0 Å². The summed E-state index contributed by atoms with van der Waals surface area (Å²) in [6, 6.07) is 0. The van der Waals surface area contributed by atoms with Crippen LogP contribution < -0.4 is 0 Å². The molecule has 15 heavy (non-hydrogen) atoms. The van der Waals surface area contributed by atoms with Crippen molar-refractivity contribution in [1.29, 1.82) is 0 Å². The third-order valence-electron chi connectivity index (χ3n) is 3.41. The van der Waals surface area contributed by atoms with E-state index in [9.17, 15) is 0 Å². The molecule has 0 saturated heterocycles. The highest BCUT2D eigenvalue weighted by atomic mass is 14.1. The van der Waals surface area contributed by atoms with Gasteiger partial charge in [-0.3, -0.25) is 0 Å². The molecule has 1 rings (SSSR count). The number of allylic oxidation sites excluding steroid dienone is 5. The number of hydrogen-bond acceptors (Lipinski definition) is 0. The molecule has 0 N–H and O–H groups in total. The summed E-state index contributed by atoms with van der Waals surface area (Å²) in [5, 5.41) is 0. The van der Waals surface area contributed by atoms with Gasteiger partial charge in [-0.15, -0.1) is 0 Å². The van der Waals surface area contributed by atoms with Crippen LogP contribution in [0.4, 0.5) is 0 Å². The lowest BCUT2D eigenvalue weighted by Crippen LogP contribution is -1.97. The summed E-state index contributed by atoms with van der Waals surface area (Å²) in [6.07, 6.45) is 9.89. The molecule has 0 aromatic carbocycles. The highest BCUT2D eigenvalue weighted by Gasteiger charge is 2.08. The summed E-state index contributed by atoms with van der Waals surface area (Å²) in [4.78, 5) is 0. The molecule has 1 aliphatic rings. The average molecular weight is 204 g/mol. The first kappa shape index (κ1) is 12.3. The molecular weight excluding hydrogens is 180 g/mol. The van der Waals surface area contributed by atoms with Crippen LogP contribution in [0.25, 0.3) is 0 Å². The maximum absolute atomic E-state index is 4.14. The Balaban J connectivity index is 2.87. The van der Waals surface area contributed by atoms with Gasteiger partial charge in [-0.05, 0) is 56.6 Å². The van der Waals surface area contributed by atoms with Crippen LogP contribution in [-0.2, 0) is 0 Å². The van der Waals surface area contributed by atoms with Crippen LogP contribution in [-0.4, -0.2) is 0 Å². The predicted octanol–water partition coefficient (Wildman–Crippen LogP) is 5.18. The molecular formula is C15H24. The van der Waals surface area contributed by atoms with Gasteiger partial charge in [0.25, 0.3) is 0 Å². The summed E-state index contributed by atoms with van der Waals surface area (Å²) in [5.74, 6) is 0. The van der Waals surface area contributed by atoms with Crippen molar-refractivity contribution in [2.75, 3.05) is 0 Å². The minimum Gasteiger partial charge on any atom is -0.0956 e. The largest absolute Gasteiger partial charge is 0.0956 e. The zero-order valence-corrected chi connectivity index (χ0v) is 10.5. The van der Waals surface area contributed by atoms with Crippen LogP contribution >= 0.6 is 0 Å². The Morgan fingerprint density at radius 2 is 1.87 bits per heavy atom. The molecule has 0 aromatic rings. The van der Waals surface area contributed by atoms with Gasteiger partial charge in [0, 0.05) is 0 Å². The predicted molar refractivity (Wildman–Crippen MR) is 69.0 cm³/mol. The van der Waals surface area contributed by atoms with Crippen molar-refractivity contribution >= 4 is 0 Å². The molecule has 0 atom stereocenters. The number of rotatable bonds is 4. The number of hydrogen-bond donors (Lipinski definition) is 0. The lowest BCUT2D eigenvalue weighted by Gasteiger charge is -2.16. The standard InChI is InChI=1S/C15H24/c1-5-12(3)14(6-2)11-15-10-8-7-9-13(15)4/h11H,3,5-10H2,1-2,4H3/b14-11-. The maximum Gasteiger partial charge on any atom is -0.0279 e. The molecule has 0 saturated carbocycles. The van der Waals surface area contributed by atoms with E-state index in [1.807, 2.05) is 0 Å². The molecule has 0 bridgehead atoms. The monoisotopic (exact) mass is 204 g/mol. The van der Waals surface area contributed by atoms with E-state index >= 15 is 0 Å². The minimum absolute atomic E-state index is 1.08. The quantitative estimate of drug-likeness (QED) is 0.553. The first-order valence-electron chi connectivity index (χ1n) is 6.26. The fraction of sp³-hybridized carbons (Fsp3) is 0.600. The second kappa shape index (κ2) is 5.95. The maximum atomic E-state index is 4.14. The fourth-order valence-electron chi connectivity index (χ4n) is 2.17. The summed E-state index contributed by atoms with van der Waals surface area (Å²) < 4.78 is 0. The van der Waals surface area contributed by atoms with E-state index in [1.165, 1.54) is 36.8 Å². The molecule has 0 radical (unpaired) electrons. The minimum atomic E-state index is 1.08. The Hall–Kier alpha value is -0.780. The van der Waals surface area contributed by atoms with Gasteiger partial charge in [0.15, 0.2) is 0 Å².